The highest BCUT2D eigenvalue weighted by Gasteiger charge is 2.29. The van der Waals surface area contributed by atoms with Crippen LogP contribution in [0.5, 0.6) is 11.5 Å². The zero-order valence-electron chi connectivity index (χ0n) is 16.5. The molecule has 0 aliphatic heterocycles. The van der Waals surface area contributed by atoms with E-state index < -0.39 is 52.6 Å². The van der Waals surface area contributed by atoms with Crippen LogP contribution in [-0.2, 0) is 9.53 Å². The topological polar surface area (TPSA) is 178 Å². The molecule has 0 unspecified atom stereocenters. The van der Waals surface area contributed by atoms with Gasteiger partial charge in [-0.3, -0.25) is 4.79 Å². The second kappa shape index (κ2) is 9.85. The van der Waals surface area contributed by atoms with Gasteiger partial charge in [0.15, 0.2) is 18.1 Å². The van der Waals surface area contributed by atoms with Gasteiger partial charge >= 0.3 is 17.9 Å². The number of carboxylic acids is 2. The average molecular weight is 455 g/mol. The molecule has 11 nitrogen and oxygen atoms in total. The van der Waals surface area contributed by atoms with Gasteiger partial charge in [0.05, 0.1) is 18.2 Å². The Labute approximate surface area is 180 Å². The van der Waals surface area contributed by atoms with Crippen molar-refractivity contribution < 1.29 is 38.8 Å². The van der Waals surface area contributed by atoms with Crippen molar-refractivity contribution in [1.82, 2.24) is 4.98 Å². The molecule has 0 atom stereocenters. The number of pyridine rings is 1. The van der Waals surface area contributed by atoms with Gasteiger partial charge in [0.25, 0.3) is 5.56 Å². The fourth-order valence-electron chi connectivity index (χ4n) is 2.76. The highest BCUT2D eigenvalue weighted by atomic mass is 35.5. The normalized spacial score (nSPS) is 10.4. The molecule has 0 saturated carbocycles. The van der Waals surface area contributed by atoms with E-state index in [9.17, 15) is 29.4 Å². The highest BCUT2D eigenvalue weighted by Crippen LogP contribution is 2.41. The summed E-state index contributed by atoms with van der Waals surface area (Å²) in [6.45, 7) is 3.12. The lowest BCUT2D eigenvalue weighted by atomic mass is 9.95. The molecule has 166 valence electrons. The molecule has 0 aliphatic carbocycles. The van der Waals surface area contributed by atoms with Crippen LogP contribution in [0, 0.1) is 0 Å². The first-order valence-corrected chi connectivity index (χ1v) is 9.27. The van der Waals surface area contributed by atoms with E-state index in [1.807, 2.05) is 4.98 Å². The predicted octanol–water partition coefficient (Wildman–Crippen LogP) is 2.01. The Balaban J connectivity index is 2.76. The maximum absolute atomic E-state index is 12.2. The van der Waals surface area contributed by atoms with Gasteiger partial charge in [0.1, 0.15) is 16.9 Å². The molecule has 5 N–H and O–H groups in total. The number of hydrogen-bond acceptors (Lipinski definition) is 8. The van der Waals surface area contributed by atoms with Crippen LogP contribution < -0.4 is 20.8 Å². The van der Waals surface area contributed by atoms with Gasteiger partial charge in [-0.25, -0.2) is 14.4 Å². The second-order valence-electron chi connectivity index (χ2n) is 5.91. The van der Waals surface area contributed by atoms with Gasteiger partial charge < -0.3 is 35.1 Å². The lowest BCUT2D eigenvalue weighted by molar-refractivity contribution is -0.145. The van der Waals surface area contributed by atoms with Gasteiger partial charge in [0.2, 0.25) is 0 Å². The summed E-state index contributed by atoms with van der Waals surface area (Å²) < 4.78 is 15.6. The van der Waals surface area contributed by atoms with Crippen molar-refractivity contribution in [2.75, 3.05) is 25.6 Å². The molecule has 1 aromatic carbocycles. The zero-order valence-corrected chi connectivity index (χ0v) is 17.2. The van der Waals surface area contributed by atoms with E-state index in [0.29, 0.717) is 0 Å². The first-order chi connectivity index (χ1) is 14.6. The number of anilines is 1. The molecule has 0 aliphatic rings. The number of nitrogen functional groups attached to an aromatic ring is 1. The number of H-pyrrole nitrogens is 1. The quantitative estimate of drug-likeness (QED) is 0.409. The molecule has 0 saturated heterocycles. The lowest BCUT2D eigenvalue weighted by Crippen LogP contribution is -2.24. The van der Waals surface area contributed by atoms with Crippen LogP contribution in [0.3, 0.4) is 0 Å². The molecule has 0 amide bonds. The fraction of sp³-hybridized carbons (Fsp3) is 0.263. The Morgan fingerprint density at radius 2 is 1.65 bits per heavy atom. The van der Waals surface area contributed by atoms with Crippen molar-refractivity contribution in [3.05, 3.63) is 38.6 Å². The number of nitrogens with two attached hydrogens (primary N) is 1. The van der Waals surface area contributed by atoms with Crippen molar-refractivity contribution in [2.24, 2.45) is 0 Å². The number of carbonyl (C=O) groups excluding carboxylic acids is 1. The van der Waals surface area contributed by atoms with Crippen molar-refractivity contribution in [2.45, 2.75) is 13.8 Å². The van der Waals surface area contributed by atoms with Gasteiger partial charge in [-0.2, -0.15) is 0 Å². The number of benzene rings is 1. The Bertz CT molecular complexity index is 1090. The number of aromatic carboxylic acids is 2. The van der Waals surface area contributed by atoms with Crippen molar-refractivity contribution in [3.63, 3.8) is 0 Å². The van der Waals surface area contributed by atoms with E-state index in [2.05, 4.69) is 0 Å². The van der Waals surface area contributed by atoms with Crippen LogP contribution in [0.25, 0.3) is 11.1 Å². The number of aromatic amines is 1. The molecular weight excluding hydrogens is 436 g/mol. The Morgan fingerprint density at radius 3 is 2.19 bits per heavy atom. The van der Waals surface area contributed by atoms with Gasteiger partial charge in [-0.05, 0) is 19.9 Å². The number of nitrogens with one attached hydrogen (secondary N) is 1. The maximum atomic E-state index is 12.2. The summed E-state index contributed by atoms with van der Waals surface area (Å²) in [7, 11) is 0. The smallest absolute Gasteiger partial charge is 0.344 e. The van der Waals surface area contributed by atoms with Crippen LogP contribution in [-0.4, -0.2) is 52.9 Å². The summed E-state index contributed by atoms with van der Waals surface area (Å²) in [5.41, 5.74) is 2.38. The third-order valence-corrected chi connectivity index (χ3v) is 4.24. The number of esters is 1. The fourth-order valence-corrected chi connectivity index (χ4v) is 3.01. The highest BCUT2D eigenvalue weighted by molar-refractivity contribution is 6.34. The van der Waals surface area contributed by atoms with E-state index in [1.165, 1.54) is 12.1 Å². The Morgan fingerprint density at radius 1 is 1.03 bits per heavy atom. The summed E-state index contributed by atoms with van der Waals surface area (Å²) in [5.74, 6) is -4.41. The number of halogens is 1. The van der Waals surface area contributed by atoms with Crippen LogP contribution in [0.1, 0.15) is 34.6 Å². The van der Waals surface area contributed by atoms with Gasteiger partial charge in [0, 0.05) is 17.2 Å². The van der Waals surface area contributed by atoms with E-state index in [1.54, 1.807) is 13.8 Å². The lowest BCUT2D eigenvalue weighted by Gasteiger charge is -2.17. The summed E-state index contributed by atoms with van der Waals surface area (Å²) in [6, 6.07) is 2.41. The first-order valence-electron chi connectivity index (χ1n) is 8.89. The Kier molecular flexibility index (Phi) is 7.48. The summed E-state index contributed by atoms with van der Waals surface area (Å²) in [5, 5.41) is 18.9. The zero-order chi connectivity index (χ0) is 23.3. The molecule has 0 spiro atoms. The summed E-state index contributed by atoms with van der Waals surface area (Å²) in [6.07, 6.45) is 0. The molecule has 31 heavy (non-hydrogen) atoms. The minimum absolute atomic E-state index is 0.0233. The molecule has 0 bridgehead atoms. The van der Waals surface area contributed by atoms with Gasteiger partial charge in [-0.15, -0.1) is 0 Å². The SMILES string of the molecule is CCOC(=O)COc1cc(Cl)c(-c2c(C(=O)O)c(N)[nH]c(=O)c2C(=O)O)cc1OCC. The van der Waals surface area contributed by atoms with Crippen molar-refractivity contribution in [3.8, 4) is 22.6 Å². The predicted molar refractivity (Wildman–Crippen MR) is 109 cm³/mol. The molecule has 2 rings (SSSR count). The standard InChI is InChI=1S/C19H19ClN2O9/c1-3-29-10-5-8(9(20)6-11(10)31-7-12(23)30-4-2)13-14(18(25)26)16(21)22-17(24)15(13)19(27)28/h5-6H,3-4,7H2,1-2H3,(H,25,26)(H,27,28)(H3,21,22,24). The molecule has 1 heterocycles. The largest absolute Gasteiger partial charge is 0.490 e. The first kappa shape index (κ1) is 23.5. The molecule has 0 radical (unpaired) electrons. The second-order valence-corrected chi connectivity index (χ2v) is 6.32. The van der Waals surface area contributed by atoms with E-state index in [-0.39, 0.29) is 35.3 Å². The number of aromatic nitrogens is 1. The van der Waals surface area contributed by atoms with Gasteiger partial charge in [-0.1, -0.05) is 11.6 Å². The number of carboxylic acid groups (broad SMARTS) is 2. The average Bonchev–Trinajstić information content (AvgIpc) is 2.66. The molecule has 1 aromatic heterocycles. The molecule has 12 heteroatoms. The number of hydrogen-bond donors (Lipinski definition) is 4. The number of carbonyl (C=O) groups is 3. The van der Waals surface area contributed by atoms with E-state index in [4.69, 9.17) is 31.5 Å². The van der Waals surface area contributed by atoms with Crippen molar-refractivity contribution in [1.29, 1.82) is 0 Å². The minimum Gasteiger partial charge on any atom is -0.490 e. The van der Waals surface area contributed by atoms with Crippen molar-refractivity contribution >= 4 is 35.3 Å². The minimum atomic E-state index is -1.68. The maximum Gasteiger partial charge on any atom is 0.344 e. The van der Waals surface area contributed by atoms with Crippen LogP contribution in [0.2, 0.25) is 5.02 Å². The Hall–Kier alpha value is -3.73. The monoisotopic (exact) mass is 454 g/mol. The van der Waals surface area contributed by atoms with E-state index in [0.717, 1.165) is 0 Å². The summed E-state index contributed by atoms with van der Waals surface area (Å²) in [4.78, 5) is 49.3. The van der Waals surface area contributed by atoms with Crippen LogP contribution in [0.15, 0.2) is 16.9 Å². The van der Waals surface area contributed by atoms with E-state index >= 15 is 0 Å². The molecule has 0 fully saturated rings. The van der Waals surface area contributed by atoms with Crippen LogP contribution in [0.4, 0.5) is 5.82 Å². The third kappa shape index (κ3) is 5.07. The summed E-state index contributed by atoms with van der Waals surface area (Å²) >= 11 is 6.28. The number of rotatable bonds is 9. The number of ether oxygens (including phenoxy) is 3. The third-order valence-electron chi connectivity index (χ3n) is 3.93. The molecular formula is C19H19ClN2O9. The van der Waals surface area contributed by atoms with Crippen LogP contribution >= 0.6 is 11.6 Å². The molecule has 2 aromatic rings.